The van der Waals surface area contributed by atoms with E-state index in [9.17, 15) is 0 Å². The van der Waals surface area contributed by atoms with E-state index in [1.54, 1.807) is 0 Å². The molecular weight excluding hydrogens is 140 g/mol. The second-order valence-corrected chi connectivity index (χ2v) is 9.80. The summed E-state index contributed by atoms with van der Waals surface area (Å²) in [6, 6.07) is 0. The molecule has 2 atom stereocenters. The van der Waals surface area contributed by atoms with Crippen LogP contribution in [0, 0.1) is 6.92 Å². The second-order valence-electron chi connectivity index (χ2n) is 4.25. The van der Waals surface area contributed by atoms with Gasteiger partial charge >= 0.3 is 0 Å². The van der Waals surface area contributed by atoms with Crippen molar-refractivity contribution >= 4 is 8.07 Å². The highest BCUT2D eigenvalue weighted by atomic mass is 28.3. The van der Waals surface area contributed by atoms with E-state index in [1.165, 1.54) is 6.42 Å². The molecule has 0 aliphatic carbocycles. The summed E-state index contributed by atoms with van der Waals surface area (Å²) in [5.41, 5.74) is 0.843. The van der Waals surface area contributed by atoms with Crippen LogP contribution in [0.15, 0.2) is 0 Å². The van der Waals surface area contributed by atoms with E-state index < -0.39 is 8.07 Å². The van der Waals surface area contributed by atoms with E-state index in [0.29, 0.717) is 0 Å². The summed E-state index contributed by atoms with van der Waals surface area (Å²) in [4.78, 5) is 0. The monoisotopic (exact) mass is 157 g/mol. The molecule has 0 amide bonds. The lowest BCUT2D eigenvalue weighted by atomic mass is 10.3. The molecule has 0 bridgehead atoms. The molecule has 0 aromatic carbocycles. The van der Waals surface area contributed by atoms with Crippen LogP contribution < -0.4 is 0 Å². The highest BCUT2D eigenvalue weighted by molar-refractivity contribution is 6.77. The third-order valence-corrected chi connectivity index (χ3v) is 5.16. The Balaban J connectivity index is 2.45. The lowest BCUT2D eigenvalue weighted by Gasteiger charge is -2.22. The molecule has 1 aliphatic heterocycles. The van der Waals surface area contributed by atoms with Gasteiger partial charge in [0.25, 0.3) is 0 Å². The van der Waals surface area contributed by atoms with Crippen molar-refractivity contribution in [1.82, 2.24) is 0 Å². The molecule has 59 valence electrons. The van der Waals surface area contributed by atoms with Gasteiger partial charge in [0, 0.05) is 6.61 Å². The maximum Gasteiger partial charge on any atom is 0.0576 e. The first-order chi connectivity index (χ1) is 4.50. The minimum Gasteiger partial charge on any atom is -0.378 e. The van der Waals surface area contributed by atoms with Crippen molar-refractivity contribution < 1.29 is 4.74 Å². The number of rotatable bonds is 1. The molecule has 1 nitrogen and oxygen atoms in total. The van der Waals surface area contributed by atoms with E-state index in [-0.39, 0.29) is 6.10 Å². The van der Waals surface area contributed by atoms with Gasteiger partial charge < -0.3 is 4.74 Å². The van der Waals surface area contributed by atoms with Crippen LogP contribution in [0.4, 0.5) is 0 Å². The molecule has 1 rings (SSSR count). The largest absolute Gasteiger partial charge is 0.378 e. The second kappa shape index (κ2) is 2.66. The van der Waals surface area contributed by atoms with Crippen molar-refractivity contribution in [3.05, 3.63) is 6.92 Å². The van der Waals surface area contributed by atoms with Crippen LogP contribution in [-0.2, 0) is 4.74 Å². The summed E-state index contributed by atoms with van der Waals surface area (Å²) in [7, 11) is -0.931. The van der Waals surface area contributed by atoms with Gasteiger partial charge in [-0.1, -0.05) is 19.6 Å². The van der Waals surface area contributed by atoms with E-state index >= 15 is 0 Å². The highest BCUT2D eigenvalue weighted by Crippen LogP contribution is 2.33. The van der Waals surface area contributed by atoms with E-state index in [0.717, 1.165) is 12.1 Å². The Labute approximate surface area is 64.8 Å². The Morgan fingerprint density at radius 1 is 1.40 bits per heavy atom. The smallest absolute Gasteiger partial charge is 0.0576 e. The van der Waals surface area contributed by atoms with E-state index in [1.807, 2.05) is 0 Å². The van der Waals surface area contributed by atoms with Gasteiger partial charge in [-0.3, -0.25) is 0 Å². The van der Waals surface area contributed by atoms with Crippen molar-refractivity contribution in [2.45, 2.75) is 37.7 Å². The first kappa shape index (κ1) is 8.28. The third-order valence-electron chi connectivity index (χ3n) is 2.31. The predicted octanol–water partition coefficient (Wildman–Crippen LogP) is 2.32. The molecule has 1 aliphatic rings. The van der Waals surface area contributed by atoms with Crippen LogP contribution in [0.3, 0.4) is 0 Å². The van der Waals surface area contributed by atoms with Crippen LogP contribution >= 0.6 is 0 Å². The molecule has 1 fully saturated rings. The van der Waals surface area contributed by atoms with Crippen molar-refractivity contribution in [2.24, 2.45) is 0 Å². The molecule has 0 N–H and O–H groups in total. The third kappa shape index (κ3) is 1.83. The fourth-order valence-electron chi connectivity index (χ4n) is 1.31. The zero-order valence-corrected chi connectivity index (χ0v) is 8.18. The van der Waals surface area contributed by atoms with Crippen LogP contribution in [-0.4, -0.2) is 20.8 Å². The molecule has 1 saturated heterocycles. The Hall–Kier alpha value is 0.177. The summed E-state index contributed by atoms with van der Waals surface area (Å²) >= 11 is 0. The zero-order chi connectivity index (χ0) is 7.78. The van der Waals surface area contributed by atoms with Crippen molar-refractivity contribution in [3.8, 4) is 0 Å². The molecule has 1 radical (unpaired) electrons. The zero-order valence-electron chi connectivity index (χ0n) is 7.18. The maximum absolute atomic E-state index is 5.42. The fourth-order valence-corrected chi connectivity index (χ4v) is 2.88. The molecule has 0 aromatic heterocycles. The van der Waals surface area contributed by atoms with Gasteiger partial charge in [-0.25, -0.2) is 0 Å². The molecule has 0 saturated carbocycles. The normalized spacial score (nSPS) is 34.8. The summed E-state index contributed by atoms with van der Waals surface area (Å²) < 4.78 is 5.42. The molecular formula is C8H17OSi. The summed E-state index contributed by atoms with van der Waals surface area (Å²) in [6.07, 6.45) is 1.46. The minimum atomic E-state index is -0.931. The van der Waals surface area contributed by atoms with Crippen LogP contribution in [0.1, 0.15) is 6.42 Å². The molecule has 0 spiro atoms. The molecule has 10 heavy (non-hydrogen) atoms. The van der Waals surface area contributed by atoms with Crippen LogP contribution in [0.2, 0.25) is 25.2 Å². The van der Waals surface area contributed by atoms with Gasteiger partial charge in [0.2, 0.25) is 0 Å². The number of ether oxygens (including phenoxy) is 1. The minimum absolute atomic E-state index is 0.275. The van der Waals surface area contributed by atoms with Crippen molar-refractivity contribution in [1.29, 1.82) is 0 Å². The Bertz CT molecular complexity index is 117. The van der Waals surface area contributed by atoms with Crippen LogP contribution in [0.25, 0.3) is 0 Å². The van der Waals surface area contributed by atoms with Gasteiger partial charge in [0.1, 0.15) is 0 Å². The lowest BCUT2D eigenvalue weighted by Crippen LogP contribution is -2.28. The fraction of sp³-hybridized carbons (Fsp3) is 0.875. The topological polar surface area (TPSA) is 9.23 Å². The van der Waals surface area contributed by atoms with Gasteiger partial charge in [0.05, 0.1) is 14.2 Å². The Morgan fingerprint density at radius 3 is 2.20 bits per heavy atom. The SMILES string of the molecule is [CH2][C@@H]1C[C@H]([Si](C)(C)C)CO1. The van der Waals surface area contributed by atoms with Crippen molar-refractivity contribution in [2.75, 3.05) is 6.61 Å². The average Bonchev–Trinajstić information content (AvgIpc) is 2.11. The first-order valence-corrected chi connectivity index (χ1v) is 7.52. The van der Waals surface area contributed by atoms with E-state index in [2.05, 4.69) is 26.6 Å². The van der Waals surface area contributed by atoms with Gasteiger partial charge in [-0.15, -0.1) is 0 Å². The van der Waals surface area contributed by atoms with Gasteiger partial charge in [-0.05, 0) is 18.9 Å². The first-order valence-electron chi connectivity index (χ1n) is 3.95. The molecule has 0 aromatic rings. The van der Waals surface area contributed by atoms with Crippen molar-refractivity contribution in [3.63, 3.8) is 0 Å². The quantitative estimate of drug-likeness (QED) is 0.531. The number of hydrogen-bond donors (Lipinski definition) is 0. The molecule has 0 unspecified atom stereocenters. The maximum atomic E-state index is 5.42. The van der Waals surface area contributed by atoms with Gasteiger partial charge in [-0.2, -0.15) is 0 Å². The number of hydrogen-bond acceptors (Lipinski definition) is 1. The Morgan fingerprint density at radius 2 is 2.00 bits per heavy atom. The van der Waals surface area contributed by atoms with E-state index in [4.69, 9.17) is 4.74 Å². The average molecular weight is 157 g/mol. The summed E-state index contributed by atoms with van der Waals surface area (Å²) in [5.74, 6) is 0. The molecule has 1 heterocycles. The standard InChI is InChI=1S/C8H17OSi/c1-7-5-8(6-9-7)10(2,3)4/h7-8H,1,5-6H2,2-4H3/t7-,8+/m1/s1. The van der Waals surface area contributed by atoms with Crippen LogP contribution in [0.5, 0.6) is 0 Å². The lowest BCUT2D eigenvalue weighted by molar-refractivity contribution is 0.143. The van der Waals surface area contributed by atoms with Gasteiger partial charge in [0.15, 0.2) is 0 Å². The predicted molar refractivity (Wildman–Crippen MR) is 46.8 cm³/mol. The highest BCUT2D eigenvalue weighted by Gasteiger charge is 2.32. The molecule has 2 heteroatoms. The summed E-state index contributed by atoms with van der Waals surface area (Å²) in [6.45, 7) is 12.1. The summed E-state index contributed by atoms with van der Waals surface area (Å²) in [5, 5.41) is 0. The Kier molecular flexibility index (Phi) is 2.20.